The van der Waals surface area contributed by atoms with Crippen LogP contribution < -0.4 is 15.0 Å². The molecule has 2 heterocycles. The van der Waals surface area contributed by atoms with Gasteiger partial charge >= 0.3 is 6.03 Å². The van der Waals surface area contributed by atoms with Gasteiger partial charge in [-0.3, -0.25) is 9.69 Å². The first-order chi connectivity index (χ1) is 12.4. The summed E-state index contributed by atoms with van der Waals surface area (Å²) in [5, 5.41) is 2.70. The van der Waals surface area contributed by atoms with E-state index in [0.717, 1.165) is 24.5 Å². The number of para-hydroxylation sites is 2. The van der Waals surface area contributed by atoms with E-state index in [2.05, 4.69) is 23.2 Å². The number of hydrogen-bond donors (Lipinski definition) is 1. The fraction of sp³-hybridized carbons (Fsp3) is 0.600. The van der Waals surface area contributed by atoms with Gasteiger partial charge in [-0.15, -0.1) is 0 Å². The smallest absolute Gasteiger partial charge is 0.325 e. The molecule has 2 fully saturated rings. The van der Waals surface area contributed by atoms with Crippen LogP contribution in [-0.4, -0.2) is 48.6 Å². The molecule has 0 saturated carbocycles. The summed E-state index contributed by atoms with van der Waals surface area (Å²) >= 11 is 0. The van der Waals surface area contributed by atoms with Crippen LogP contribution >= 0.6 is 0 Å². The minimum atomic E-state index is -0.810. The van der Waals surface area contributed by atoms with Crippen LogP contribution in [-0.2, 0) is 4.79 Å². The Balaban J connectivity index is 1.54. The van der Waals surface area contributed by atoms with Crippen LogP contribution in [0.15, 0.2) is 24.3 Å². The molecule has 1 unspecified atom stereocenters. The van der Waals surface area contributed by atoms with Gasteiger partial charge in [0, 0.05) is 19.6 Å². The molecule has 6 nitrogen and oxygen atoms in total. The van der Waals surface area contributed by atoms with Gasteiger partial charge in [-0.05, 0) is 51.2 Å². The molecule has 2 aliphatic rings. The molecule has 0 bridgehead atoms. The number of carbonyl (C=O) groups excluding carboxylic acids is 2. The zero-order valence-corrected chi connectivity index (χ0v) is 16.0. The maximum Gasteiger partial charge on any atom is 0.325 e. The predicted octanol–water partition coefficient (Wildman–Crippen LogP) is 3.02. The molecule has 1 atom stereocenters. The number of imide groups is 1. The van der Waals surface area contributed by atoms with E-state index in [-0.39, 0.29) is 11.9 Å². The Hall–Kier alpha value is -2.24. The third-order valence-electron chi connectivity index (χ3n) is 5.09. The summed E-state index contributed by atoms with van der Waals surface area (Å²) < 4.78 is 6.00. The quantitative estimate of drug-likeness (QED) is 0.626. The third-order valence-corrected chi connectivity index (χ3v) is 5.09. The van der Waals surface area contributed by atoms with Gasteiger partial charge in [0.05, 0.1) is 12.3 Å². The van der Waals surface area contributed by atoms with Crippen LogP contribution in [0.1, 0.15) is 40.0 Å². The lowest BCUT2D eigenvalue weighted by molar-refractivity contribution is -0.130. The molecule has 0 radical (unpaired) electrons. The topological polar surface area (TPSA) is 61.9 Å². The summed E-state index contributed by atoms with van der Waals surface area (Å²) in [7, 11) is 0. The van der Waals surface area contributed by atoms with Gasteiger partial charge in [0.15, 0.2) is 0 Å². The molecule has 0 aromatic heterocycles. The van der Waals surface area contributed by atoms with Crippen LogP contribution in [0.4, 0.5) is 10.5 Å². The zero-order chi connectivity index (χ0) is 18.7. The van der Waals surface area contributed by atoms with Gasteiger partial charge in [0.25, 0.3) is 5.91 Å². The lowest BCUT2D eigenvalue weighted by Gasteiger charge is -2.33. The number of carbonyl (C=O) groups is 2. The first-order valence-electron chi connectivity index (χ1n) is 9.49. The largest absolute Gasteiger partial charge is 0.491 e. The summed E-state index contributed by atoms with van der Waals surface area (Å²) in [4.78, 5) is 27.8. The van der Waals surface area contributed by atoms with Crippen molar-refractivity contribution in [2.24, 2.45) is 5.92 Å². The van der Waals surface area contributed by atoms with Crippen molar-refractivity contribution in [1.82, 2.24) is 10.2 Å². The summed E-state index contributed by atoms with van der Waals surface area (Å²) in [6.07, 6.45) is 3.10. The highest BCUT2D eigenvalue weighted by atomic mass is 16.5. The fourth-order valence-corrected chi connectivity index (χ4v) is 3.67. The van der Waals surface area contributed by atoms with Gasteiger partial charge in [0.1, 0.15) is 11.3 Å². The highest BCUT2D eigenvalue weighted by Crippen LogP contribution is 2.31. The van der Waals surface area contributed by atoms with E-state index in [1.807, 2.05) is 18.2 Å². The molecule has 0 spiro atoms. The summed E-state index contributed by atoms with van der Waals surface area (Å²) in [6, 6.07) is 7.80. The second kappa shape index (κ2) is 7.56. The number of benzene rings is 1. The lowest BCUT2D eigenvalue weighted by atomic mass is 9.99. The Morgan fingerprint density at radius 3 is 2.73 bits per heavy atom. The van der Waals surface area contributed by atoms with Crippen molar-refractivity contribution < 1.29 is 14.3 Å². The van der Waals surface area contributed by atoms with Crippen molar-refractivity contribution in [1.29, 1.82) is 0 Å². The van der Waals surface area contributed by atoms with Crippen LogP contribution in [0.25, 0.3) is 0 Å². The van der Waals surface area contributed by atoms with Crippen LogP contribution in [0.2, 0.25) is 0 Å². The number of amides is 3. The van der Waals surface area contributed by atoms with E-state index in [0.29, 0.717) is 25.5 Å². The van der Waals surface area contributed by atoms with Crippen LogP contribution in [0.3, 0.4) is 0 Å². The molecule has 0 aliphatic carbocycles. The molecule has 2 saturated heterocycles. The maximum absolute atomic E-state index is 12.2. The van der Waals surface area contributed by atoms with E-state index < -0.39 is 5.54 Å². The SMILES string of the molecule is CC1CCCN(c2ccccc2OCCCN2C(=O)NC(C)(C)C2=O)C1. The number of rotatable bonds is 6. The van der Waals surface area contributed by atoms with E-state index >= 15 is 0 Å². The molecule has 3 amide bonds. The normalized spacial score (nSPS) is 22.5. The molecule has 1 aromatic rings. The van der Waals surface area contributed by atoms with Gasteiger partial charge in [0.2, 0.25) is 0 Å². The summed E-state index contributed by atoms with van der Waals surface area (Å²) in [5.74, 6) is 1.39. The molecule has 2 aliphatic heterocycles. The number of urea groups is 1. The minimum absolute atomic E-state index is 0.176. The van der Waals surface area contributed by atoms with Gasteiger partial charge < -0.3 is 15.0 Å². The Kier molecular flexibility index (Phi) is 5.39. The van der Waals surface area contributed by atoms with Crippen LogP contribution in [0.5, 0.6) is 5.75 Å². The van der Waals surface area contributed by atoms with E-state index in [9.17, 15) is 9.59 Å². The van der Waals surface area contributed by atoms with Gasteiger partial charge in [-0.1, -0.05) is 19.1 Å². The van der Waals surface area contributed by atoms with Gasteiger partial charge in [-0.25, -0.2) is 4.79 Å². The monoisotopic (exact) mass is 359 g/mol. The summed E-state index contributed by atoms with van der Waals surface area (Å²) in [5.41, 5.74) is 0.324. The first kappa shape index (κ1) is 18.5. The van der Waals surface area contributed by atoms with Crippen molar-refractivity contribution in [3.8, 4) is 5.75 Å². The third kappa shape index (κ3) is 3.94. The first-order valence-corrected chi connectivity index (χ1v) is 9.49. The van der Waals surface area contributed by atoms with E-state index in [1.165, 1.54) is 17.7 Å². The Labute approximate surface area is 155 Å². The average molecular weight is 359 g/mol. The molecular formula is C20H29N3O3. The number of nitrogens with one attached hydrogen (secondary N) is 1. The van der Waals surface area contributed by atoms with Gasteiger partial charge in [-0.2, -0.15) is 0 Å². The average Bonchev–Trinajstić information content (AvgIpc) is 2.80. The second-order valence-electron chi connectivity index (χ2n) is 7.88. The number of nitrogens with zero attached hydrogens (tertiary/aromatic N) is 2. The van der Waals surface area contributed by atoms with E-state index in [1.54, 1.807) is 13.8 Å². The molecule has 3 rings (SSSR count). The molecule has 26 heavy (non-hydrogen) atoms. The van der Waals surface area contributed by atoms with Crippen molar-refractivity contribution >= 4 is 17.6 Å². The number of ether oxygens (including phenoxy) is 1. The fourth-order valence-electron chi connectivity index (χ4n) is 3.67. The van der Waals surface area contributed by atoms with Crippen molar-refractivity contribution in [2.75, 3.05) is 31.1 Å². The zero-order valence-electron chi connectivity index (χ0n) is 16.0. The lowest BCUT2D eigenvalue weighted by Crippen LogP contribution is -2.40. The number of hydrogen-bond acceptors (Lipinski definition) is 4. The molecule has 1 N–H and O–H groups in total. The highest BCUT2D eigenvalue weighted by molar-refractivity contribution is 6.06. The van der Waals surface area contributed by atoms with E-state index in [4.69, 9.17) is 4.74 Å². The molecular weight excluding hydrogens is 330 g/mol. The Morgan fingerprint density at radius 2 is 2.04 bits per heavy atom. The van der Waals surface area contributed by atoms with Crippen molar-refractivity contribution in [2.45, 2.75) is 45.6 Å². The highest BCUT2D eigenvalue weighted by Gasteiger charge is 2.43. The number of piperidine rings is 1. The summed E-state index contributed by atoms with van der Waals surface area (Å²) in [6.45, 7) is 8.68. The van der Waals surface area contributed by atoms with Crippen molar-refractivity contribution in [3.05, 3.63) is 24.3 Å². The standard InChI is InChI=1S/C20H29N3O3/c1-15-8-6-11-22(14-15)16-9-4-5-10-17(16)26-13-7-12-23-18(24)20(2,3)21-19(23)25/h4-5,9-10,15H,6-8,11-14H2,1-3H3,(H,21,25). The van der Waals surface area contributed by atoms with Crippen molar-refractivity contribution in [3.63, 3.8) is 0 Å². The minimum Gasteiger partial charge on any atom is -0.491 e. The predicted molar refractivity (Wildman–Crippen MR) is 101 cm³/mol. The van der Waals surface area contributed by atoms with Crippen LogP contribution in [0, 0.1) is 5.92 Å². The Bertz CT molecular complexity index is 674. The second-order valence-corrected chi connectivity index (χ2v) is 7.88. The Morgan fingerprint density at radius 1 is 1.27 bits per heavy atom. The maximum atomic E-state index is 12.2. The molecule has 1 aromatic carbocycles. The molecule has 142 valence electrons. The number of anilines is 1. The molecule has 6 heteroatoms.